The van der Waals surface area contributed by atoms with E-state index in [0.717, 1.165) is 36.6 Å². The fourth-order valence-electron chi connectivity index (χ4n) is 2.37. The van der Waals surface area contributed by atoms with Gasteiger partial charge in [0.05, 0.1) is 6.26 Å². The molecule has 26 heavy (non-hydrogen) atoms. The number of anilines is 1. The molecule has 1 aromatic carbocycles. The lowest BCUT2D eigenvalue weighted by Crippen LogP contribution is -2.38. The number of halogens is 1. The summed E-state index contributed by atoms with van der Waals surface area (Å²) in [6.45, 7) is 3.83. The van der Waals surface area contributed by atoms with Gasteiger partial charge in [0.1, 0.15) is 0 Å². The summed E-state index contributed by atoms with van der Waals surface area (Å²) in [5, 5.41) is 6.15. The van der Waals surface area contributed by atoms with E-state index in [0.29, 0.717) is 12.3 Å². The number of furan rings is 1. The van der Waals surface area contributed by atoms with E-state index in [4.69, 9.17) is 4.42 Å². The van der Waals surface area contributed by atoms with E-state index in [1.165, 1.54) is 6.26 Å². The average molecular weight is 470 g/mol. The average Bonchev–Trinajstić information content (AvgIpc) is 3.16. The van der Waals surface area contributed by atoms with Gasteiger partial charge in [-0.3, -0.25) is 9.79 Å². The van der Waals surface area contributed by atoms with Crippen molar-refractivity contribution in [2.75, 3.05) is 26.0 Å². The Morgan fingerprint density at radius 3 is 2.54 bits per heavy atom. The van der Waals surface area contributed by atoms with Crippen molar-refractivity contribution in [3.8, 4) is 0 Å². The Kier molecular flexibility index (Phi) is 9.79. The summed E-state index contributed by atoms with van der Waals surface area (Å²) in [5.74, 6) is 0.919. The van der Waals surface area contributed by atoms with Crippen LogP contribution in [0.5, 0.6) is 0 Å². The van der Waals surface area contributed by atoms with Crippen molar-refractivity contribution >= 4 is 41.5 Å². The fourth-order valence-corrected chi connectivity index (χ4v) is 2.37. The van der Waals surface area contributed by atoms with E-state index in [1.54, 1.807) is 19.2 Å². The van der Waals surface area contributed by atoms with Gasteiger partial charge in [0.25, 0.3) is 5.91 Å². The number of benzene rings is 1. The highest BCUT2D eigenvalue weighted by atomic mass is 127. The number of guanidine groups is 1. The van der Waals surface area contributed by atoms with Crippen LogP contribution >= 0.6 is 24.0 Å². The first kappa shape index (κ1) is 22.0. The Morgan fingerprint density at radius 2 is 1.96 bits per heavy atom. The molecule has 0 aliphatic rings. The van der Waals surface area contributed by atoms with E-state index >= 15 is 0 Å². The van der Waals surface area contributed by atoms with Crippen LogP contribution in [0, 0.1) is 0 Å². The van der Waals surface area contributed by atoms with Crippen molar-refractivity contribution in [2.24, 2.45) is 4.99 Å². The van der Waals surface area contributed by atoms with Crippen LogP contribution in [0.25, 0.3) is 0 Å². The van der Waals surface area contributed by atoms with Gasteiger partial charge in [0.2, 0.25) is 0 Å². The highest BCUT2D eigenvalue weighted by Gasteiger charge is 2.09. The van der Waals surface area contributed by atoms with Crippen molar-refractivity contribution in [2.45, 2.75) is 26.3 Å². The fraction of sp³-hybridized carbons (Fsp3) is 0.368. The van der Waals surface area contributed by atoms with Gasteiger partial charge in [-0.25, -0.2) is 0 Å². The highest BCUT2D eigenvalue weighted by molar-refractivity contribution is 14.0. The number of unbranched alkanes of at least 4 members (excludes halogenated alkanes) is 1. The third-order valence-electron chi connectivity index (χ3n) is 3.83. The van der Waals surface area contributed by atoms with Crippen molar-refractivity contribution in [3.05, 3.63) is 54.0 Å². The number of hydrogen-bond donors (Lipinski definition) is 2. The van der Waals surface area contributed by atoms with Crippen LogP contribution in [-0.4, -0.2) is 37.4 Å². The minimum atomic E-state index is -0.256. The predicted octanol–water partition coefficient (Wildman–Crippen LogP) is 3.96. The Balaban J connectivity index is 0.00000338. The molecule has 0 atom stereocenters. The maximum atomic E-state index is 11.9. The molecule has 2 aromatic rings. The number of carbonyl (C=O) groups excluding carboxylic acids is 1. The van der Waals surface area contributed by atoms with Crippen LogP contribution in [0.4, 0.5) is 5.69 Å². The molecular weight excluding hydrogens is 443 g/mol. The van der Waals surface area contributed by atoms with Gasteiger partial charge >= 0.3 is 0 Å². The zero-order valence-electron chi connectivity index (χ0n) is 15.5. The molecule has 1 aromatic heterocycles. The molecule has 7 heteroatoms. The first-order chi connectivity index (χ1) is 12.1. The van der Waals surface area contributed by atoms with Crippen molar-refractivity contribution < 1.29 is 9.21 Å². The number of nitrogens with zero attached hydrogens (tertiary/aromatic N) is 2. The Morgan fingerprint density at radius 1 is 1.23 bits per heavy atom. The van der Waals surface area contributed by atoms with Crippen molar-refractivity contribution in [1.82, 2.24) is 10.2 Å². The molecule has 0 fully saturated rings. The normalized spacial score (nSPS) is 10.8. The lowest BCUT2D eigenvalue weighted by atomic mass is 10.2. The van der Waals surface area contributed by atoms with Crippen LogP contribution in [0.3, 0.4) is 0 Å². The first-order valence-corrected chi connectivity index (χ1v) is 8.49. The Bertz CT molecular complexity index is 684. The summed E-state index contributed by atoms with van der Waals surface area (Å²) in [6, 6.07) is 11.0. The smallest absolute Gasteiger partial charge is 0.291 e. The second-order valence-electron chi connectivity index (χ2n) is 5.80. The summed E-state index contributed by atoms with van der Waals surface area (Å²) in [4.78, 5) is 18.4. The zero-order valence-corrected chi connectivity index (χ0v) is 17.8. The monoisotopic (exact) mass is 470 g/mol. The largest absolute Gasteiger partial charge is 0.459 e. The molecule has 142 valence electrons. The zero-order chi connectivity index (χ0) is 18.1. The summed E-state index contributed by atoms with van der Waals surface area (Å²) in [6.07, 6.45) is 3.78. The van der Waals surface area contributed by atoms with Gasteiger partial charge < -0.3 is 20.0 Å². The van der Waals surface area contributed by atoms with Crippen molar-refractivity contribution in [3.63, 3.8) is 0 Å². The van der Waals surface area contributed by atoms with Crippen molar-refractivity contribution in [1.29, 1.82) is 0 Å². The standard InChI is InChI=1S/C19H26N4O2.HI/c1-4-5-12-23(3)19(20-2)21-14-15-8-10-16(11-9-15)22-18(24)17-7-6-13-25-17;/h6-11,13H,4-5,12,14H2,1-3H3,(H,20,21)(H,22,24);1H. The number of carbonyl (C=O) groups is 1. The molecule has 0 radical (unpaired) electrons. The maximum absolute atomic E-state index is 11.9. The minimum Gasteiger partial charge on any atom is -0.459 e. The lowest BCUT2D eigenvalue weighted by Gasteiger charge is -2.21. The molecular formula is C19H27IN4O2. The first-order valence-electron chi connectivity index (χ1n) is 8.49. The van der Waals surface area contributed by atoms with E-state index in [2.05, 4.69) is 27.4 Å². The molecule has 1 amide bonds. The molecule has 2 N–H and O–H groups in total. The highest BCUT2D eigenvalue weighted by Crippen LogP contribution is 2.12. The quantitative estimate of drug-likeness (QED) is 0.365. The van der Waals surface area contributed by atoms with Gasteiger partial charge in [0.15, 0.2) is 11.7 Å². The van der Waals surface area contributed by atoms with E-state index in [-0.39, 0.29) is 29.9 Å². The maximum Gasteiger partial charge on any atom is 0.291 e. The number of hydrogen-bond acceptors (Lipinski definition) is 3. The molecule has 1 heterocycles. The molecule has 0 spiro atoms. The Hall–Kier alpha value is -2.03. The van der Waals surface area contributed by atoms with E-state index in [1.807, 2.05) is 31.3 Å². The Labute approximate surface area is 172 Å². The SMILES string of the molecule is CCCCN(C)C(=NC)NCc1ccc(NC(=O)c2ccco2)cc1.I. The second-order valence-corrected chi connectivity index (χ2v) is 5.80. The van der Waals surface area contributed by atoms with Crippen LogP contribution in [-0.2, 0) is 6.54 Å². The van der Waals surface area contributed by atoms with Crippen LogP contribution in [0.15, 0.2) is 52.1 Å². The molecule has 0 saturated heterocycles. The summed E-state index contributed by atoms with van der Waals surface area (Å²) in [7, 11) is 3.83. The third kappa shape index (κ3) is 6.70. The predicted molar refractivity (Wildman–Crippen MR) is 116 cm³/mol. The number of amides is 1. The number of aliphatic imine (C=N–C) groups is 1. The van der Waals surface area contributed by atoms with Gasteiger partial charge in [-0.1, -0.05) is 25.5 Å². The molecule has 0 bridgehead atoms. The lowest BCUT2D eigenvalue weighted by molar-refractivity contribution is 0.0996. The van der Waals surface area contributed by atoms with Crippen LogP contribution in [0.1, 0.15) is 35.9 Å². The topological polar surface area (TPSA) is 69.9 Å². The molecule has 0 aliphatic heterocycles. The molecule has 6 nitrogen and oxygen atoms in total. The molecule has 2 rings (SSSR count). The van der Waals surface area contributed by atoms with Crippen LogP contribution < -0.4 is 10.6 Å². The van der Waals surface area contributed by atoms with Gasteiger partial charge in [0, 0.05) is 32.9 Å². The van der Waals surface area contributed by atoms with Gasteiger partial charge in [-0.15, -0.1) is 24.0 Å². The summed E-state index contributed by atoms with van der Waals surface area (Å²) in [5.41, 5.74) is 1.84. The number of rotatable bonds is 7. The third-order valence-corrected chi connectivity index (χ3v) is 3.83. The van der Waals surface area contributed by atoms with Crippen LogP contribution in [0.2, 0.25) is 0 Å². The molecule has 0 aliphatic carbocycles. The second kappa shape index (κ2) is 11.6. The van der Waals surface area contributed by atoms with Gasteiger partial charge in [-0.05, 0) is 36.2 Å². The summed E-state index contributed by atoms with van der Waals surface area (Å²) >= 11 is 0. The van der Waals surface area contributed by atoms with E-state index in [9.17, 15) is 4.79 Å². The molecule has 0 unspecified atom stereocenters. The van der Waals surface area contributed by atoms with E-state index < -0.39 is 0 Å². The minimum absolute atomic E-state index is 0. The molecule has 0 saturated carbocycles. The number of nitrogens with one attached hydrogen (secondary N) is 2. The summed E-state index contributed by atoms with van der Waals surface area (Å²) < 4.78 is 5.08. The van der Waals surface area contributed by atoms with Gasteiger partial charge in [-0.2, -0.15) is 0 Å².